The Morgan fingerprint density at radius 3 is 2.69 bits per heavy atom. The first-order valence-electron chi connectivity index (χ1n) is 7.57. The third kappa shape index (κ3) is 4.01. The first-order valence-corrected chi connectivity index (χ1v) is 7.57. The number of aromatic nitrogens is 3. The minimum absolute atomic E-state index is 0.145. The lowest BCUT2D eigenvalue weighted by atomic mass is 10.2. The lowest BCUT2D eigenvalue weighted by molar-refractivity contribution is 0.0600. The highest BCUT2D eigenvalue weighted by molar-refractivity contribution is 6.04. The van der Waals surface area contributed by atoms with Gasteiger partial charge in [-0.25, -0.2) is 14.8 Å². The number of benzene rings is 1. The highest BCUT2D eigenvalue weighted by Gasteiger charge is 2.12. The fourth-order valence-corrected chi connectivity index (χ4v) is 2.14. The van der Waals surface area contributed by atoms with Gasteiger partial charge in [-0.1, -0.05) is 11.2 Å². The zero-order valence-corrected chi connectivity index (χ0v) is 14.0. The number of nitrogens with one attached hydrogen (secondary N) is 2. The molecule has 1 aromatic carbocycles. The molecule has 1 amide bonds. The van der Waals surface area contributed by atoms with Crippen LogP contribution in [-0.2, 0) is 4.74 Å². The molecule has 9 heteroatoms. The molecule has 2 heterocycles. The molecular formula is C17H15N5O4. The summed E-state index contributed by atoms with van der Waals surface area (Å²) in [6, 6.07) is 9.57. The first-order chi connectivity index (χ1) is 12.5. The number of carbonyl (C=O) groups is 2. The van der Waals surface area contributed by atoms with Crippen LogP contribution in [-0.4, -0.2) is 34.1 Å². The minimum Gasteiger partial charge on any atom is -0.465 e. The minimum atomic E-state index is -0.488. The summed E-state index contributed by atoms with van der Waals surface area (Å²) in [5, 5.41) is 9.39. The molecule has 3 rings (SSSR count). The maximum absolute atomic E-state index is 12.4. The summed E-state index contributed by atoms with van der Waals surface area (Å²) in [5.74, 6) is 0.566. The average molecular weight is 353 g/mol. The summed E-state index contributed by atoms with van der Waals surface area (Å²) in [6.45, 7) is 1.76. The lowest BCUT2D eigenvalue weighted by Gasteiger charge is -2.07. The molecule has 0 saturated heterocycles. The van der Waals surface area contributed by atoms with Gasteiger partial charge in [-0.05, 0) is 25.1 Å². The molecule has 0 saturated carbocycles. The number of aryl methyl sites for hydroxylation is 1. The van der Waals surface area contributed by atoms with E-state index in [2.05, 4.69) is 30.5 Å². The van der Waals surface area contributed by atoms with Crippen LogP contribution in [0, 0.1) is 6.92 Å². The maximum Gasteiger partial charge on any atom is 0.337 e. The van der Waals surface area contributed by atoms with E-state index in [9.17, 15) is 9.59 Å². The summed E-state index contributed by atoms with van der Waals surface area (Å²) in [5.41, 5.74) is 0.918. The Balaban J connectivity index is 1.74. The van der Waals surface area contributed by atoms with Gasteiger partial charge >= 0.3 is 5.97 Å². The van der Waals surface area contributed by atoms with Crippen molar-refractivity contribution < 1.29 is 18.8 Å². The van der Waals surface area contributed by atoms with Crippen LogP contribution in [0.3, 0.4) is 0 Å². The van der Waals surface area contributed by atoms with E-state index in [0.29, 0.717) is 28.6 Å². The Bertz CT molecular complexity index is 954. The molecule has 26 heavy (non-hydrogen) atoms. The van der Waals surface area contributed by atoms with Crippen LogP contribution < -0.4 is 10.6 Å². The van der Waals surface area contributed by atoms with Gasteiger partial charge < -0.3 is 19.9 Å². The molecule has 0 atom stereocenters. The summed E-state index contributed by atoms with van der Waals surface area (Å²) in [6.07, 6.45) is 1.26. The van der Waals surface area contributed by atoms with Crippen LogP contribution in [0.15, 0.2) is 47.2 Å². The van der Waals surface area contributed by atoms with Crippen LogP contribution >= 0.6 is 0 Å². The lowest BCUT2D eigenvalue weighted by Crippen LogP contribution is -2.15. The molecule has 0 aliphatic carbocycles. The Labute approximate surface area is 148 Å². The van der Waals surface area contributed by atoms with Crippen molar-refractivity contribution in [1.82, 2.24) is 15.1 Å². The monoisotopic (exact) mass is 353 g/mol. The van der Waals surface area contributed by atoms with Crippen molar-refractivity contribution in [2.45, 2.75) is 6.92 Å². The molecule has 0 fully saturated rings. The summed E-state index contributed by atoms with van der Waals surface area (Å²) in [7, 11) is 1.29. The Hall–Kier alpha value is -3.75. The number of hydrogen-bond acceptors (Lipinski definition) is 8. The molecule has 0 aliphatic heterocycles. The smallest absolute Gasteiger partial charge is 0.337 e. The van der Waals surface area contributed by atoms with E-state index in [0.717, 1.165) is 0 Å². The van der Waals surface area contributed by atoms with E-state index >= 15 is 0 Å². The van der Waals surface area contributed by atoms with E-state index in [-0.39, 0.29) is 5.69 Å². The largest absolute Gasteiger partial charge is 0.465 e. The number of methoxy groups -OCH3 is 1. The highest BCUT2D eigenvalue weighted by Crippen LogP contribution is 2.16. The zero-order valence-electron chi connectivity index (χ0n) is 14.0. The molecule has 0 unspecified atom stereocenters. The summed E-state index contributed by atoms with van der Waals surface area (Å²) in [4.78, 5) is 32.0. The third-order valence-electron chi connectivity index (χ3n) is 3.33. The van der Waals surface area contributed by atoms with Gasteiger partial charge in [0.25, 0.3) is 5.91 Å². The maximum atomic E-state index is 12.4. The number of carbonyl (C=O) groups excluding carboxylic acids is 2. The Morgan fingerprint density at radius 2 is 1.96 bits per heavy atom. The molecule has 9 nitrogen and oxygen atoms in total. The van der Waals surface area contributed by atoms with E-state index in [1.807, 2.05) is 0 Å². The normalized spacial score (nSPS) is 10.2. The fourth-order valence-electron chi connectivity index (χ4n) is 2.14. The molecule has 2 aromatic heterocycles. The summed E-state index contributed by atoms with van der Waals surface area (Å²) < 4.78 is 9.62. The highest BCUT2D eigenvalue weighted by atomic mass is 16.5. The van der Waals surface area contributed by atoms with Gasteiger partial charge in [0.05, 0.1) is 12.7 Å². The summed E-state index contributed by atoms with van der Waals surface area (Å²) >= 11 is 0. The van der Waals surface area contributed by atoms with Crippen molar-refractivity contribution in [3.05, 3.63) is 59.7 Å². The zero-order chi connectivity index (χ0) is 18.5. The second kappa shape index (κ2) is 7.43. The third-order valence-corrected chi connectivity index (χ3v) is 3.33. The van der Waals surface area contributed by atoms with Crippen molar-refractivity contribution in [3.63, 3.8) is 0 Å². The van der Waals surface area contributed by atoms with Crippen molar-refractivity contribution in [2.24, 2.45) is 0 Å². The van der Waals surface area contributed by atoms with E-state index in [1.165, 1.54) is 25.6 Å². The van der Waals surface area contributed by atoms with Gasteiger partial charge in [-0.2, -0.15) is 0 Å². The molecule has 3 aromatic rings. The van der Waals surface area contributed by atoms with Crippen LogP contribution in [0.4, 0.5) is 17.3 Å². The molecular weight excluding hydrogens is 338 g/mol. The van der Waals surface area contributed by atoms with Crippen LogP contribution in [0.2, 0.25) is 0 Å². The van der Waals surface area contributed by atoms with Gasteiger partial charge in [0.2, 0.25) is 0 Å². The number of rotatable bonds is 5. The van der Waals surface area contributed by atoms with Gasteiger partial charge in [-0.15, -0.1) is 0 Å². The second-order valence-electron chi connectivity index (χ2n) is 5.26. The van der Waals surface area contributed by atoms with Gasteiger partial charge in [-0.3, -0.25) is 4.79 Å². The van der Waals surface area contributed by atoms with Crippen LogP contribution in [0.5, 0.6) is 0 Å². The van der Waals surface area contributed by atoms with Gasteiger partial charge in [0.15, 0.2) is 5.82 Å². The van der Waals surface area contributed by atoms with Gasteiger partial charge in [0.1, 0.15) is 23.6 Å². The number of anilines is 3. The van der Waals surface area contributed by atoms with Crippen molar-refractivity contribution in [3.8, 4) is 0 Å². The molecule has 0 bridgehead atoms. The SMILES string of the molecule is COC(=O)c1cccc(NC(=O)c2cc(Nc3cc(C)on3)ncn2)c1. The second-order valence-corrected chi connectivity index (χ2v) is 5.26. The van der Waals surface area contributed by atoms with Crippen LogP contribution in [0.25, 0.3) is 0 Å². The Morgan fingerprint density at radius 1 is 1.12 bits per heavy atom. The Kier molecular flexibility index (Phi) is 4.88. The van der Waals surface area contributed by atoms with E-state index < -0.39 is 11.9 Å². The molecule has 2 N–H and O–H groups in total. The van der Waals surface area contributed by atoms with E-state index in [1.54, 1.807) is 31.2 Å². The van der Waals surface area contributed by atoms with Crippen molar-refractivity contribution in [2.75, 3.05) is 17.7 Å². The fraction of sp³-hybridized carbons (Fsp3) is 0.118. The van der Waals surface area contributed by atoms with Gasteiger partial charge in [0, 0.05) is 17.8 Å². The topological polar surface area (TPSA) is 119 Å². The van der Waals surface area contributed by atoms with E-state index in [4.69, 9.17) is 4.52 Å². The average Bonchev–Trinajstić information content (AvgIpc) is 3.06. The molecule has 0 spiro atoms. The number of amides is 1. The van der Waals surface area contributed by atoms with Crippen molar-refractivity contribution in [1.29, 1.82) is 0 Å². The quantitative estimate of drug-likeness (QED) is 0.672. The molecule has 132 valence electrons. The molecule has 0 aliphatic rings. The standard InChI is InChI=1S/C17H15N5O4/c1-10-6-15(22-26-10)21-14-8-13(18-9-19-14)16(23)20-12-5-3-4-11(7-12)17(24)25-2/h3-9H,1-2H3,(H,20,23)(H,18,19,21,22). The molecule has 0 radical (unpaired) electrons. The number of hydrogen-bond donors (Lipinski definition) is 2. The predicted molar refractivity (Wildman–Crippen MR) is 92.3 cm³/mol. The predicted octanol–water partition coefficient (Wildman–Crippen LogP) is 2.56. The number of nitrogens with zero attached hydrogens (tertiary/aromatic N) is 3. The number of esters is 1. The number of ether oxygens (including phenoxy) is 1. The van der Waals surface area contributed by atoms with Crippen LogP contribution in [0.1, 0.15) is 26.6 Å². The first kappa shape index (κ1) is 17.1. The van der Waals surface area contributed by atoms with Crippen molar-refractivity contribution >= 4 is 29.2 Å².